The maximum absolute atomic E-state index is 13.3. The number of benzene rings is 1. The van der Waals surface area contributed by atoms with Gasteiger partial charge in [0.05, 0.1) is 17.9 Å². The molecule has 2 aliphatic rings. The van der Waals surface area contributed by atoms with E-state index in [4.69, 9.17) is 6.42 Å². The number of para-hydroxylation sites is 2. The van der Waals surface area contributed by atoms with Gasteiger partial charge < -0.3 is 9.80 Å². The van der Waals surface area contributed by atoms with E-state index < -0.39 is 0 Å². The summed E-state index contributed by atoms with van der Waals surface area (Å²) in [5, 5.41) is 0. The first kappa shape index (κ1) is 16.9. The van der Waals surface area contributed by atoms with Gasteiger partial charge in [-0.2, -0.15) is 0 Å². The van der Waals surface area contributed by atoms with E-state index in [1.165, 1.54) is 0 Å². The van der Waals surface area contributed by atoms with Crippen molar-refractivity contribution in [3.8, 4) is 12.3 Å². The van der Waals surface area contributed by atoms with Crippen molar-refractivity contribution in [2.75, 3.05) is 43.0 Å². The lowest BCUT2D eigenvalue weighted by Crippen LogP contribution is -2.46. The smallest absolute Gasteiger partial charge is 0.230 e. The Kier molecular flexibility index (Phi) is 5.11. The lowest BCUT2D eigenvalue weighted by Gasteiger charge is -2.35. The normalized spacial score (nSPS) is 22.6. The average Bonchev–Trinajstić information content (AvgIpc) is 2.73. The zero-order valence-electron chi connectivity index (χ0n) is 14.7. The van der Waals surface area contributed by atoms with Crippen molar-refractivity contribution in [2.24, 2.45) is 5.92 Å². The lowest BCUT2D eigenvalue weighted by molar-refractivity contribution is -0.124. The molecule has 1 atom stereocenters. The van der Waals surface area contributed by atoms with E-state index in [1.54, 1.807) is 0 Å². The fraction of sp³-hybridized carbons (Fsp3) is 0.550. The summed E-state index contributed by atoms with van der Waals surface area (Å²) >= 11 is 0. The minimum atomic E-state index is 0.109. The van der Waals surface area contributed by atoms with Gasteiger partial charge in [0.2, 0.25) is 5.91 Å². The topological polar surface area (TPSA) is 26.8 Å². The van der Waals surface area contributed by atoms with Gasteiger partial charge in [0.15, 0.2) is 0 Å². The Bertz CT molecular complexity index is 628. The number of nitrogens with zero attached hydrogens (tertiary/aromatic N) is 3. The summed E-state index contributed by atoms with van der Waals surface area (Å²) in [6, 6.07) is 8.50. The standard InChI is InChI=1S/C20H27N3O/c1-4-12-22-14-10-17(11-15-22)20(24)23-16(2)9-13-21(3)18-7-5-6-8-19(18)23/h1,5-8,16-17H,9-15H2,2-3H3/t16-/m1/s1. The number of piperidine rings is 1. The number of hydrogen-bond acceptors (Lipinski definition) is 3. The van der Waals surface area contributed by atoms with Crippen LogP contribution in [0.5, 0.6) is 0 Å². The Morgan fingerprint density at radius 3 is 2.50 bits per heavy atom. The fourth-order valence-electron chi connectivity index (χ4n) is 3.86. The fourth-order valence-corrected chi connectivity index (χ4v) is 3.86. The number of carbonyl (C=O) groups excluding carboxylic acids is 1. The van der Waals surface area contributed by atoms with E-state index in [0.29, 0.717) is 6.54 Å². The summed E-state index contributed by atoms with van der Waals surface area (Å²) in [6.45, 7) is 5.67. The summed E-state index contributed by atoms with van der Waals surface area (Å²) < 4.78 is 0. The number of terminal acetylenes is 1. The Labute approximate surface area is 145 Å². The van der Waals surface area contributed by atoms with Crippen molar-refractivity contribution >= 4 is 17.3 Å². The zero-order chi connectivity index (χ0) is 17.1. The van der Waals surface area contributed by atoms with Crippen molar-refractivity contribution < 1.29 is 4.79 Å². The molecular weight excluding hydrogens is 298 g/mol. The summed E-state index contributed by atoms with van der Waals surface area (Å²) in [7, 11) is 2.11. The molecule has 0 bridgehead atoms. The Morgan fingerprint density at radius 1 is 1.17 bits per heavy atom. The molecule has 0 aromatic heterocycles. The lowest BCUT2D eigenvalue weighted by atomic mass is 9.94. The second kappa shape index (κ2) is 7.27. The quantitative estimate of drug-likeness (QED) is 0.782. The van der Waals surface area contributed by atoms with Crippen LogP contribution in [0.4, 0.5) is 11.4 Å². The van der Waals surface area contributed by atoms with Crippen LogP contribution in [0.15, 0.2) is 24.3 Å². The van der Waals surface area contributed by atoms with Gasteiger partial charge in [0.25, 0.3) is 0 Å². The molecule has 2 aliphatic heterocycles. The van der Waals surface area contributed by atoms with Gasteiger partial charge in [0, 0.05) is 25.6 Å². The molecule has 1 amide bonds. The van der Waals surface area contributed by atoms with Gasteiger partial charge in [-0.1, -0.05) is 18.1 Å². The van der Waals surface area contributed by atoms with Gasteiger partial charge in [-0.25, -0.2) is 0 Å². The molecule has 0 spiro atoms. The molecule has 1 aromatic carbocycles. The van der Waals surface area contributed by atoms with Crippen molar-refractivity contribution in [2.45, 2.75) is 32.2 Å². The highest BCUT2D eigenvalue weighted by atomic mass is 16.2. The first-order chi connectivity index (χ1) is 11.6. The summed E-state index contributed by atoms with van der Waals surface area (Å²) in [4.78, 5) is 19.9. The van der Waals surface area contributed by atoms with Crippen LogP contribution >= 0.6 is 0 Å². The highest BCUT2D eigenvalue weighted by molar-refractivity contribution is 5.99. The Balaban J connectivity index is 1.81. The molecule has 128 valence electrons. The van der Waals surface area contributed by atoms with E-state index >= 15 is 0 Å². The molecule has 0 saturated carbocycles. The van der Waals surface area contributed by atoms with E-state index in [-0.39, 0.29) is 17.9 Å². The van der Waals surface area contributed by atoms with Crippen LogP contribution in [0.3, 0.4) is 0 Å². The molecule has 1 fully saturated rings. The molecule has 0 unspecified atom stereocenters. The van der Waals surface area contributed by atoms with Gasteiger partial charge in [0.1, 0.15) is 0 Å². The SMILES string of the molecule is C#CCN1CCC(C(=O)N2c3ccccc3N(C)CC[C@H]2C)CC1. The minimum Gasteiger partial charge on any atom is -0.373 e. The third-order valence-electron chi connectivity index (χ3n) is 5.36. The van der Waals surface area contributed by atoms with Gasteiger partial charge in [-0.3, -0.25) is 9.69 Å². The maximum atomic E-state index is 13.3. The van der Waals surface area contributed by atoms with Crippen LogP contribution in [-0.4, -0.2) is 50.1 Å². The molecule has 4 heteroatoms. The molecule has 0 aliphatic carbocycles. The number of likely N-dealkylation sites (tertiary alicyclic amines) is 1. The summed E-state index contributed by atoms with van der Waals surface area (Å²) in [6.07, 6.45) is 8.20. The maximum Gasteiger partial charge on any atom is 0.230 e. The highest BCUT2D eigenvalue weighted by Gasteiger charge is 2.34. The number of anilines is 2. The van der Waals surface area contributed by atoms with Crippen LogP contribution in [-0.2, 0) is 4.79 Å². The number of fused-ring (bicyclic) bond motifs is 1. The molecule has 2 heterocycles. The van der Waals surface area contributed by atoms with Crippen molar-refractivity contribution in [1.29, 1.82) is 0 Å². The molecule has 0 N–H and O–H groups in total. The van der Waals surface area contributed by atoms with Gasteiger partial charge >= 0.3 is 0 Å². The molecule has 3 rings (SSSR count). The number of carbonyl (C=O) groups is 1. The Hall–Kier alpha value is -1.99. The number of amides is 1. The third kappa shape index (κ3) is 3.27. The van der Waals surface area contributed by atoms with Gasteiger partial charge in [-0.05, 0) is 51.4 Å². The van der Waals surface area contributed by atoms with Crippen LogP contribution < -0.4 is 9.80 Å². The zero-order valence-corrected chi connectivity index (χ0v) is 14.7. The summed E-state index contributed by atoms with van der Waals surface area (Å²) in [5.41, 5.74) is 2.21. The van der Waals surface area contributed by atoms with Crippen molar-refractivity contribution in [3.05, 3.63) is 24.3 Å². The van der Waals surface area contributed by atoms with Crippen LogP contribution in [0, 0.1) is 18.3 Å². The average molecular weight is 325 g/mol. The second-order valence-corrected chi connectivity index (χ2v) is 7.01. The first-order valence-electron chi connectivity index (χ1n) is 8.91. The van der Waals surface area contributed by atoms with Crippen molar-refractivity contribution in [1.82, 2.24) is 4.90 Å². The van der Waals surface area contributed by atoms with E-state index in [1.807, 2.05) is 12.1 Å². The molecule has 0 radical (unpaired) electrons. The predicted molar refractivity (Wildman–Crippen MR) is 99.3 cm³/mol. The van der Waals surface area contributed by atoms with Crippen molar-refractivity contribution in [3.63, 3.8) is 0 Å². The van der Waals surface area contributed by atoms with E-state index in [9.17, 15) is 4.79 Å². The second-order valence-electron chi connectivity index (χ2n) is 7.01. The van der Waals surface area contributed by atoms with Crippen LogP contribution in [0.25, 0.3) is 0 Å². The summed E-state index contributed by atoms with van der Waals surface area (Å²) in [5.74, 6) is 3.10. The molecule has 1 aromatic rings. The molecule has 1 saturated heterocycles. The first-order valence-corrected chi connectivity index (χ1v) is 8.91. The van der Waals surface area contributed by atoms with Crippen LogP contribution in [0.2, 0.25) is 0 Å². The van der Waals surface area contributed by atoms with E-state index in [2.05, 4.69) is 46.7 Å². The highest BCUT2D eigenvalue weighted by Crippen LogP contribution is 2.35. The third-order valence-corrected chi connectivity index (χ3v) is 5.36. The minimum absolute atomic E-state index is 0.109. The van der Waals surface area contributed by atoms with Crippen LogP contribution in [0.1, 0.15) is 26.2 Å². The Morgan fingerprint density at radius 2 is 1.83 bits per heavy atom. The van der Waals surface area contributed by atoms with E-state index in [0.717, 1.165) is 50.3 Å². The number of rotatable bonds is 2. The molecular formula is C20H27N3O. The van der Waals surface area contributed by atoms with Gasteiger partial charge in [-0.15, -0.1) is 6.42 Å². The monoisotopic (exact) mass is 325 g/mol. The molecule has 24 heavy (non-hydrogen) atoms. The largest absolute Gasteiger partial charge is 0.373 e. The predicted octanol–water partition coefficient (Wildman–Crippen LogP) is 2.59. The number of hydrogen-bond donors (Lipinski definition) is 0. The molecule has 4 nitrogen and oxygen atoms in total.